The summed E-state index contributed by atoms with van der Waals surface area (Å²) in [5.41, 5.74) is 0.433. The smallest absolute Gasteiger partial charge is 0.262 e. The van der Waals surface area contributed by atoms with Crippen LogP contribution in [0, 0.1) is 11.3 Å². The van der Waals surface area contributed by atoms with Crippen LogP contribution in [0.25, 0.3) is 6.08 Å². The summed E-state index contributed by atoms with van der Waals surface area (Å²) in [6.07, 6.45) is 1.74. The van der Waals surface area contributed by atoms with E-state index in [2.05, 4.69) is 5.32 Å². The monoisotopic (exact) mass is 358 g/mol. The molecule has 1 N–H and O–H groups in total. The Labute approximate surface area is 138 Å². The van der Waals surface area contributed by atoms with Crippen LogP contribution in [0.5, 0.6) is 0 Å². The van der Waals surface area contributed by atoms with Crippen LogP contribution in [-0.2, 0) is 14.6 Å². The molecular weight excluding hydrogens is 347 g/mol. The molecule has 0 aromatic heterocycles. The molecule has 0 bridgehead atoms. The van der Waals surface area contributed by atoms with Crippen molar-refractivity contribution in [1.82, 2.24) is 5.32 Å². The Morgan fingerprint density at radius 3 is 2.64 bits per heavy atom. The standard InChI is InChI=1S/C14H12Cl2N2O3S/c15-12-2-1-9(6-13(12)16)5-10(7-17)14(19)18-11-3-4-22(20,21)8-11/h1-2,5-6,11H,3-4,8H2,(H,18,19)/b10-5+/t11-/m0/s1. The SMILES string of the molecule is N#C/C(=C\c1ccc(Cl)c(Cl)c1)C(=O)N[C@H]1CCS(=O)(=O)C1. The van der Waals surface area contributed by atoms with Gasteiger partial charge in [-0.2, -0.15) is 5.26 Å². The Bertz CT molecular complexity index is 782. The van der Waals surface area contributed by atoms with E-state index in [1.54, 1.807) is 18.2 Å². The number of nitriles is 1. The summed E-state index contributed by atoms with van der Waals surface area (Å²) in [5, 5.41) is 12.4. The van der Waals surface area contributed by atoms with Crippen LogP contribution in [-0.4, -0.2) is 31.9 Å². The van der Waals surface area contributed by atoms with Gasteiger partial charge in [-0.3, -0.25) is 4.79 Å². The van der Waals surface area contributed by atoms with E-state index in [0.717, 1.165) is 0 Å². The maximum absolute atomic E-state index is 12.0. The highest BCUT2D eigenvalue weighted by Crippen LogP contribution is 2.23. The molecule has 1 aromatic rings. The first kappa shape index (κ1) is 16.8. The van der Waals surface area contributed by atoms with E-state index in [0.29, 0.717) is 22.0 Å². The van der Waals surface area contributed by atoms with Gasteiger partial charge in [-0.25, -0.2) is 8.42 Å². The average Bonchev–Trinajstić information content (AvgIpc) is 2.79. The van der Waals surface area contributed by atoms with Gasteiger partial charge in [0, 0.05) is 6.04 Å². The number of carbonyl (C=O) groups is 1. The fourth-order valence-electron chi connectivity index (χ4n) is 2.09. The molecule has 0 spiro atoms. The number of halogens is 2. The lowest BCUT2D eigenvalue weighted by Gasteiger charge is -2.10. The number of hydrogen-bond donors (Lipinski definition) is 1. The van der Waals surface area contributed by atoms with Gasteiger partial charge in [0.25, 0.3) is 5.91 Å². The zero-order valence-electron chi connectivity index (χ0n) is 11.3. The predicted molar refractivity (Wildman–Crippen MR) is 85.3 cm³/mol. The lowest BCUT2D eigenvalue weighted by Crippen LogP contribution is -2.36. The molecule has 1 amide bonds. The van der Waals surface area contributed by atoms with E-state index in [1.165, 1.54) is 12.1 Å². The highest BCUT2D eigenvalue weighted by Gasteiger charge is 2.29. The highest BCUT2D eigenvalue weighted by molar-refractivity contribution is 7.91. The normalized spacial score (nSPS) is 20.4. The van der Waals surface area contributed by atoms with Gasteiger partial charge in [-0.1, -0.05) is 29.3 Å². The van der Waals surface area contributed by atoms with E-state index in [4.69, 9.17) is 28.5 Å². The number of rotatable bonds is 3. The third-order valence-electron chi connectivity index (χ3n) is 3.19. The molecule has 1 heterocycles. The van der Waals surface area contributed by atoms with Crippen LogP contribution in [0.15, 0.2) is 23.8 Å². The minimum Gasteiger partial charge on any atom is -0.348 e. The second-order valence-corrected chi connectivity index (χ2v) is 7.96. The van der Waals surface area contributed by atoms with Crippen LogP contribution in [0.2, 0.25) is 10.0 Å². The van der Waals surface area contributed by atoms with Gasteiger partial charge in [0.1, 0.15) is 11.6 Å². The van der Waals surface area contributed by atoms with Gasteiger partial charge in [0.15, 0.2) is 9.84 Å². The van der Waals surface area contributed by atoms with Gasteiger partial charge >= 0.3 is 0 Å². The minimum atomic E-state index is -3.09. The van der Waals surface area contributed by atoms with E-state index >= 15 is 0 Å². The van der Waals surface area contributed by atoms with E-state index in [1.807, 2.05) is 0 Å². The number of amides is 1. The molecular formula is C14H12Cl2N2O3S. The molecule has 22 heavy (non-hydrogen) atoms. The van der Waals surface area contributed by atoms with Crippen molar-refractivity contribution < 1.29 is 13.2 Å². The van der Waals surface area contributed by atoms with Crippen LogP contribution in [0.3, 0.4) is 0 Å². The zero-order chi connectivity index (χ0) is 16.3. The van der Waals surface area contributed by atoms with Gasteiger partial charge in [-0.05, 0) is 30.2 Å². The first-order valence-electron chi connectivity index (χ1n) is 6.39. The van der Waals surface area contributed by atoms with Crippen molar-refractivity contribution in [1.29, 1.82) is 5.26 Å². The molecule has 116 valence electrons. The number of nitrogens with one attached hydrogen (secondary N) is 1. The molecule has 8 heteroatoms. The lowest BCUT2D eigenvalue weighted by atomic mass is 10.1. The van der Waals surface area contributed by atoms with Gasteiger partial charge in [0.05, 0.1) is 21.6 Å². The Morgan fingerprint density at radius 2 is 2.09 bits per heavy atom. The lowest BCUT2D eigenvalue weighted by molar-refractivity contribution is -0.117. The van der Waals surface area contributed by atoms with E-state index in [-0.39, 0.29) is 17.1 Å². The van der Waals surface area contributed by atoms with Crippen LogP contribution < -0.4 is 5.32 Å². The minimum absolute atomic E-state index is 0.0519. The molecule has 5 nitrogen and oxygen atoms in total. The largest absolute Gasteiger partial charge is 0.348 e. The first-order chi connectivity index (χ1) is 10.3. The summed E-state index contributed by atoms with van der Waals surface area (Å²) in [6.45, 7) is 0. The van der Waals surface area contributed by atoms with Crippen LogP contribution in [0.1, 0.15) is 12.0 Å². The summed E-state index contributed by atoms with van der Waals surface area (Å²) in [7, 11) is -3.09. The van der Waals surface area contributed by atoms with Crippen molar-refractivity contribution in [2.45, 2.75) is 12.5 Å². The van der Waals surface area contributed by atoms with Gasteiger partial charge < -0.3 is 5.32 Å². The van der Waals surface area contributed by atoms with Crippen molar-refractivity contribution in [3.05, 3.63) is 39.4 Å². The molecule has 1 aliphatic heterocycles. The average molecular weight is 359 g/mol. The summed E-state index contributed by atoms with van der Waals surface area (Å²) >= 11 is 11.7. The Balaban J connectivity index is 2.14. The zero-order valence-corrected chi connectivity index (χ0v) is 13.7. The second kappa shape index (κ2) is 6.69. The summed E-state index contributed by atoms with van der Waals surface area (Å²) in [6, 6.07) is 6.07. The molecule has 0 radical (unpaired) electrons. The van der Waals surface area contributed by atoms with Crippen molar-refractivity contribution in [3.8, 4) is 6.07 Å². The number of benzene rings is 1. The van der Waals surface area contributed by atoms with E-state index < -0.39 is 21.8 Å². The maximum Gasteiger partial charge on any atom is 0.262 e. The Kier molecular flexibility index (Phi) is 5.12. The van der Waals surface area contributed by atoms with Crippen LogP contribution >= 0.6 is 23.2 Å². The van der Waals surface area contributed by atoms with E-state index in [9.17, 15) is 13.2 Å². The quantitative estimate of drug-likeness (QED) is 0.662. The summed E-state index contributed by atoms with van der Waals surface area (Å²) < 4.78 is 22.7. The number of sulfone groups is 1. The molecule has 1 fully saturated rings. The first-order valence-corrected chi connectivity index (χ1v) is 8.96. The third kappa shape index (κ3) is 4.23. The van der Waals surface area contributed by atoms with Crippen molar-refractivity contribution in [2.24, 2.45) is 0 Å². The van der Waals surface area contributed by atoms with Crippen molar-refractivity contribution in [3.63, 3.8) is 0 Å². The molecule has 1 aliphatic rings. The topological polar surface area (TPSA) is 87.0 Å². The Morgan fingerprint density at radius 1 is 1.36 bits per heavy atom. The van der Waals surface area contributed by atoms with Crippen molar-refractivity contribution >= 4 is 45.0 Å². The Hall–Kier alpha value is -1.55. The van der Waals surface area contributed by atoms with Gasteiger partial charge in [0.2, 0.25) is 0 Å². The predicted octanol–water partition coefficient (Wildman–Crippen LogP) is 2.20. The second-order valence-electron chi connectivity index (χ2n) is 4.92. The highest BCUT2D eigenvalue weighted by atomic mass is 35.5. The van der Waals surface area contributed by atoms with Crippen LogP contribution in [0.4, 0.5) is 0 Å². The van der Waals surface area contributed by atoms with Crippen molar-refractivity contribution in [2.75, 3.05) is 11.5 Å². The fourth-order valence-corrected chi connectivity index (χ4v) is 4.07. The molecule has 0 aliphatic carbocycles. The molecule has 1 saturated heterocycles. The van der Waals surface area contributed by atoms with Gasteiger partial charge in [-0.15, -0.1) is 0 Å². The summed E-state index contributed by atoms with van der Waals surface area (Å²) in [4.78, 5) is 12.0. The maximum atomic E-state index is 12.0. The third-order valence-corrected chi connectivity index (χ3v) is 5.69. The number of nitrogens with zero attached hydrogens (tertiary/aromatic N) is 1. The molecule has 0 saturated carbocycles. The molecule has 1 atom stereocenters. The summed E-state index contributed by atoms with van der Waals surface area (Å²) in [5.74, 6) is -0.642. The molecule has 2 rings (SSSR count). The number of carbonyl (C=O) groups excluding carboxylic acids is 1. The fraction of sp³-hybridized carbons (Fsp3) is 0.286. The molecule has 1 aromatic carbocycles. The molecule has 0 unspecified atom stereocenters. The number of hydrogen-bond acceptors (Lipinski definition) is 4.